The van der Waals surface area contributed by atoms with Crippen LogP contribution < -0.4 is 0 Å². The third-order valence-corrected chi connectivity index (χ3v) is 2.63. The Bertz CT molecular complexity index is 571. The molecule has 0 bridgehead atoms. The highest BCUT2D eigenvalue weighted by molar-refractivity contribution is 5.90. The summed E-state index contributed by atoms with van der Waals surface area (Å²) in [4.78, 5) is 10.9. The lowest BCUT2D eigenvalue weighted by Gasteiger charge is -2.15. The molecular weight excluding hydrogens is 214 g/mol. The number of carbonyl (C=O) groups is 1. The molecule has 0 radical (unpaired) electrons. The average molecular weight is 221 g/mol. The van der Waals surface area contributed by atoms with Crippen molar-refractivity contribution in [3.8, 4) is 11.3 Å². The van der Waals surface area contributed by atoms with Crippen LogP contribution in [0.5, 0.6) is 0 Å². The topological polar surface area (TPSA) is 112 Å². The van der Waals surface area contributed by atoms with Crippen LogP contribution in [-0.2, 0) is 6.42 Å². The summed E-state index contributed by atoms with van der Waals surface area (Å²) in [5, 5.41) is 28.6. The monoisotopic (exact) mass is 221 g/mol. The van der Waals surface area contributed by atoms with Gasteiger partial charge in [-0.3, -0.25) is 5.10 Å². The molecule has 7 heteroatoms. The van der Waals surface area contributed by atoms with E-state index >= 15 is 0 Å². The van der Waals surface area contributed by atoms with Crippen molar-refractivity contribution in [3.63, 3.8) is 0 Å². The van der Waals surface area contributed by atoms with Crippen LogP contribution in [0.15, 0.2) is 10.7 Å². The Labute approximate surface area is 88.7 Å². The van der Waals surface area contributed by atoms with Gasteiger partial charge in [0.2, 0.25) is 0 Å². The molecule has 1 unspecified atom stereocenters. The zero-order valence-corrected chi connectivity index (χ0v) is 7.97. The van der Waals surface area contributed by atoms with E-state index in [1.807, 2.05) is 0 Å². The summed E-state index contributed by atoms with van der Waals surface area (Å²) in [7, 11) is 0. The van der Waals surface area contributed by atoms with Crippen LogP contribution in [-0.4, -0.2) is 31.5 Å². The van der Waals surface area contributed by atoms with Gasteiger partial charge < -0.3 is 14.7 Å². The van der Waals surface area contributed by atoms with Crippen molar-refractivity contribution in [2.75, 3.05) is 0 Å². The standard InChI is InChI=1S/C9H7N3O4/c13-4-1-5-3(2-10-16-5)7-6(4)8(9(14)15)12-11-7/h2,4,13H,1H2,(H,11,12)(H,14,15). The summed E-state index contributed by atoms with van der Waals surface area (Å²) in [5.74, 6) is -0.629. The van der Waals surface area contributed by atoms with E-state index in [-0.39, 0.29) is 12.1 Å². The largest absolute Gasteiger partial charge is 0.477 e. The second-order valence-electron chi connectivity index (χ2n) is 3.55. The minimum Gasteiger partial charge on any atom is -0.477 e. The second-order valence-corrected chi connectivity index (χ2v) is 3.55. The van der Waals surface area contributed by atoms with Crippen LogP contribution in [0.25, 0.3) is 11.3 Å². The van der Waals surface area contributed by atoms with Crippen LogP contribution in [0, 0.1) is 0 Å². The van der Waals surface area contributed by atoms with E-state index in [1.165, 1.54) is 6.20 Å². The maximum absolute atomic E-state index is 10.9. The molecule has 2 aromatic heterocycles. The number of rotatable bonds is 1. The van der Waals surface area contributed by atoms with Gasteiger partial charge in [-0.15, -0.1) is 0 Å². The number of aromatic carboxylic acids is 1. The third kappa shape index (κ3) is 1.03. The number of aliphatic hydroxyl groups is 1. The van der Waals surface area contributed by atoms with Crippen molar-refractivity contribution in [2.24, 2.45) is 0 Å². The maximum Gasteiger partial charge on any atom is 0.354 e. The Kier molecular flexibility index (Phi) is 1.66. The predicted molar refractivity (Wildman–Crippen MR) is 49.7 cm³/mol. The van der Waals surface area contributed by atoms with Gasteiger partial charge in [-0.25, -0.2) is 4.79 Å². The van der Waals surface area contributed by atoms with Crippen LogP contribution >= 0.6 is 0 Å². The van der Waals surface area contributed by atoms with Gasteiger partial charge >= 0.3 is 5.97 Å². The third-order valence-electron chi connectivity index (χ3n) is 2.63. The first kappa shape index (κ1) is 9.10. The molecule has 3 rings (SSSR count). The number of fused-ring (bicyclic) bond motifs is 3. The second kappa shape index (κ2) is 2.92. The summed E-state index contributed by atoms with van der Waals surface area (Å²) >= 11 is 0. The number of hydrogen-bond acceptors (Lipinski definition) is 5. The van der Waals surface area contributed by atoms with Crippen LogP contribution in [0.2, 0.25) is 0 Å². The fourth-order valence-electron chi connectivity index (χ4n) is 1.93. The molecule has 0 saturated carbocycles. The fourth-order valence-corrected chi connectivity index (χ4v) is 1.93. The van der Waals surface area contributed by atoms with E-state index in [4.69, 9.17) is 9.63 Å². The Hall–Kier alpha value is -2.15. The van der Waals surface area contributed by atoms with Gasteiger partial charge in [0.05, 0.1) is 17.9 Å². The van der Waals surface area contributed by atoms with Gasteiger partial charge in [0.15, 0.2) is 0 Å². The average Bonchev–Trinajstić information content (AvgIpc) is 2.80. The number of aromatic amines is 1. The zero-order chi connectivity index (χ0) is 11.3. The first-order valence-electron chi connectivity index (χ1n) is 4.62. The van der Waals surface area contributed by atoms with Crippen LogP contribution in [0.1, 0.15) is 27.9 Å². The van der Waals surface area contributed by atoms with E-state index in [0.717, 1.165) is 0 Å². The number of aromatic nitrogens is 3. The van der Waals surface area contributed by atoms with Crippen LogP contribution in [0.4, 0.5) is 0 Å². The molecule has 7 nitrogen and oxygen atoms in total. The Morgan fingerprint density at radius 3 is 3.19 bits per heavy atom. The molecule has 1 atom stereocenters. The van der Waals surface area contributed by atoms with Crippen molar-refractivity contribution in [2.45, 2.75) is 12.5 Å². The predicted octanol–water partition coefficient (Wildman–Crippen LogP) is 0.352. The van der Waals surface area contributed by atoms with Gasteiger partial charge in [-0.1, -0.05) is 5.16 Å². The molecule has 2 heterocycles. The summed E-state index contributed by atoms with van der Waals surface area (Å²) in [6, 6.07) is 0. The van der Waals surface area contributed by atoms with E-state index in [9.17, 15) is 9.90 Å². The van der Waals surface area contributed by atoms with Crippen molar-refractivity contribution in [1.82, 2.24) is 15.4 Å². The fraction of sp³-hybridized carbons (Fsp3) is 0.222. The minimum atomic E-state index is -1.15. The van der Waals surface area contributed by atoms with Crippen molar-refractivity contribution in [1.29, 1.82) is 0 Å². The van der Waals surface area contributed by atoms with Crippen molar-refractivity contribution in [3.05, 3.63) is 23.2 Å². The highest BCUT2D eigenvalue weighted by atomic mass is 16.5. The molecule has 1 aliphatic carbocycles. The Balaban J connectivity index is 2.27. The van der Waals surface area contributed by atoms with Gasteiger partial charge in [-0.2, -0.15) is 5.10 Å². The number of carboxylic acids is 1. The van der Waals surface area contributed by atoms with E-state index in [1.54, 1.807) is 0 Å². The number of H-pyrrole nitrogens is 1. The molecule has 3 N–H and O–H groups in total. The summed E-state index contributed by atoms with van der Waals surface area (Å²) in [6.45, 7) is 0. The maximum atomic E-state index is 10.9. The quantitative estimate of drug-likeness (QED) is 0.640. The first-order chi connectivity index (χ1) is 7.68. The number of aliphatic hydroxyl groups excluding tert-OH is 1. The van der Waals surface area contributed by atoms with Crippen LogP contribution in [0.3, 0.4) is 0 Å². The number of carboxylic acid groups (broad SMARTS) is 1. The summed E-state index contributed by atoms with van der Waals surface area (Å²) < 4.78 is 4.94. The number of hydrogen-bond donors (Lipinski definition) is 3. The number of nitrogens with one attached hydrogen (secondary N) is 1. The van der Waals surface area contributed by atoms with Gasteiger partial charge in [0.1, 0.15) is 17.1 Å². The normalized spacial score (nSPS) is 17.9. The van der Waals surface area contributed by atoms with Gasteiger partial charge in [-0.05, 0) is 0 Å². The molecule has 16 heavy (non-hydrogen) atoms. The lowest BCUT2D eigenvalue weighted by molar-refractivity contribution is 0.0681. The van der Waals surface area contributed by atoms with Crippen molar-refractivity contribution >= 4 is 5.97 Å². The molecule has 1 aliphatic rings. The number of nitrogens with zero attached hydrogens (tertiary/aromatic N) is 2. The SMILES string of the molecule is O=C(O)c1[nH]nc2c1C(O)Cc1oncc1-2. The van der Waals surface area contributed by atoms with E-state index in [2.05, 4.69) is 15.4 Å². The molecule has 0 fully saturated rings. The summed E-state index contributed by atoms with van der Waals surface area (Å²) in [6.07, 6.45) is 0.745. The van der Waals surface area contributed by atoms with Gasteiger partial charge in [0.25, 0.3) is 0 Å². The highest BCUT2D eigenvalue weighted by Crippen LogP contribution is 2.38. The Morgan fingerprint density at radius 2 is 2.44 bits per heavy atom. The molecule has 0 amide bonds. The Morgan fingerprint density at radius 1 is 1.62 bits per heavy atom. The molecule has 0 aromatic carbocycles. The van der Waals surface area contributed by atoms with Crippen molar-refractivity contribution < 1.29 is 19.5 Å². The molecule has 82 valence electrons. The molecule has 0 saturated heterocycles. The highest BCUT2D eigenvalue weighted by Gasteiger charge is 2.33. The summed E-state index contributed by atoms with van der Waals surface area (Å²) in [5.41, 5.74) is 1.23. The first-order valence-corrected chi connectivity index (χ1v) is 4.62. The van der Waals surface area contributed by atoms with E-state index < -0.39 is 12.1 Å². The lowest BCUT2D eigenvalue weighted by atomic mass is 9.92. The van der Waals surface area contributed by atoms with E-state index in [0.29, 0.717) is 22.6 Å². The molecule has 2 aromatic rings. The lowest BCUT2D eigenvalue weighted by Crippen LogP contribution is -2.12. The minimum absolute atomic E-state index is 0.0886. The molecule has 0 spiro atoms. The smallest absolute Gasteiger partial charge is 0.354 e. The zero-order valence-electron chi connectivity index (χ0n) is 7.97. The molecular formula is C9H7N3O4. The van der Waals surface area contributed by atoms with Gasteiger partial charge in [0, 0.05) is 12.0 Å². The molecule has 0 aliphatic heterocycles.